The maximum atomic E-state index is 4.46. The van der Waals surface area contributed by atoms with Crippen LogP contribution in [0.2, 0.25) is 0 Å². The summed E-state index contributed by atoms with van der Waals surface area (Å²) < 4.78 is 0. The summed E-state index contributed by atoms with van der Waals surface area (Å²) in [6.45, 7) is 7.53. The molecule has 13 heavy (non-hydrogen) atoms. The molecule has 0 saturated heterocycles. The molecule has 70 valence electrons. The first-order valence-corrected chi connectivity index (χ1v) is 5.06. The lowest BCUT2D eigenvalue weighted by Gasteiger charge is -2.17. The van der Waals surface area contributed by atoms with Crippen LogP contribution in [-0.2, 0) is 0 Å². The minimum atomic E-state index is 0.929. The van der Waals surface area contributed by atoms with Crippen molar-refractivity contribution in [2.75, 3.05) is 0 Å². The van der Waals surface area contributed by atoms with E-state index in [0.717, 1.165) is 30.6 Å². The molecule has 1 aliphatic rings. The summed E-state index contributed by atoms with van der Waals surface area (Å²) in [6, 6.07) is 0. The molecule has 0 aromatic heterocycles. The van der Waals surface area contributed by atoms with Crippen molar-refractivity contribution in [1.29, 1.82) is 0 Å². The topological polar surface area (TPSA) is 0 Å². The van der Waals surface area contributed by atoms with Crippen LogP contribution in [0.25, 0.3) is 0 Å². The first kappa shape index (κ1) is 10.4. The fraction of sp³-hybridized carbons (Fsp3) is 0.333. The summed E-state index contributed by atoms with van der Waals surface area (Å²) in [7, 11) is 0. The Morgan fingerprint density at radius 2 is 2.00 bits per heavy atom. The first-order valence-electron chi connectivity index (χ1n) is 4.61. The van der Waals surface area contributed by atoms with Crippen molar-refractivity contribution in [2.45, 2.75) is 25.7 Å². The lowest BCUT2D eigenvalue weighted by atomic mass is 9.93. The number of hydrogen-bond acceptors (Lipinski definition) is 1. The smallest absolute Gasteiger partial charge is 0.00350 e. The molecule has 0 unspecified atom stereocenters. The largest absolute Gasteiger partial charge is 0.143 e. The average Bonchev–Trinajstić information content (AvgIpc) is 2.11. The second-order valence-electron chi connectivity index (χ2n) is 3.20. The second kappa shape index (κ2) is 5.13. The molecule has 0 aliphatic heterocycles. The maximum Gasteiger partial charge on any atom is 0.00350 e. The van der Waals surface area contributed by atoms with Crippen LogP contribution in [0.1, 0.15) is 25.7 Å². The molecule has 0 saturated carbocycles. The zero-order valence-electron chi connectivity index (χ0n) is 7.92. The van der Waals surface area contributed by atoms with Gasteiger partial charge < -0.3 is 0 Å². The van der Waals surface area contributed by atoms with Gasteiger partial charge in [-0.15, -0.1) is 25.8 Å². The predicted octanol–water partition coefficient (Wildman–Crippen LogP) is 4.04. The molecule has 1 heteroatoms. The predicted molar refractivity (Wildman–Crippen MR) is 63.0 cm³/mol. The van der Waals surface area contributed by atoms with Crippen molar-refractivity contribution in [3.63, 3.8) is 0 Å². The number of hydrogen-bond donors (Lipinski definition) is 1. The van der Waals surface area contributed by atoms with Crippen LogP contribution >= 0.6 is 12.6 Å². The third kappa shape index (κ3) is 2.63. The van der Waals surface area contributed by atoms with Gasteiger partial charge in [0, 0.05) is 4.91 Å². The molecule has 1 rings (SSSR count). The summed E-state index contributed by atoms with van der Waals surface area (Å²) >= 11 is 4.46. The van der Waals surface area contributed by atoms with Crippen LogP contribution in [0, 0.1) is 0 Å². The molecular formula is C12H16S. The summed E-state index contributed by atoms with van der Waals surface area (Å²) in [5, 5.41) is 0. The fourth-order valence-corrected chi connectivity index (χ4v) is 2.01. The van der Waals surface area contributed by atoms with E-state index in [1.807, 2.05) is 12.2 Å². The van der Waals surface area contributed by atoms with E-state index in [-0.39, 0.29) is 0 Å². The summed E-state index contributed by atoms with van der Waals surface area (Å²) in [5.41, 5.74) is 2.83. The number of allylic oxidation sites excluding steroid dienone is 5. The van der Waals surface area contributed by atoms with E-state index in [4.69, 9.17) is 0 Å². The molecule has 0 radical (unpaired) electrons. The molecular weight excluding hydrogens is 176 g/mol. The minimum absolute atomic E-state index is 0.929. The van der Waals surface area contributed by atoms with E-state index >= 15 is 0 Å². The molecule has 0 aromatic rings. The highest BCUT2D eigenvalue weighted by Gasteiger charge is 2.10. The SMILES string of the molecule is C=CCC1=C(CC=C)C(S)=CCC1. The lowest BCUT2D eigenvalue weighted by molar-refractivity contribution is 0.889. The van der Waals surface area contributed by atoms with Crippen LogP contribution in [0.15, 0.2) is 47.4 Å². The highest BCUT2D eigenvalue weighted by Crippen LogP contribution is 2.31. The van der Waals surface area contributed by atoms with Gasteiger partial charge in [0.1, 0.15) is 0 Å². The van der Waals surface area contributed by atoms with Gasteiger partial charge in [-0.3, -0.25) is 0 Å². The summed E-state index contributed by atoms with van der Waals surface area (Å²) in [4.78, 5) is 1.13. The molecule has 0 heterocycles. The van der Waals surface area contributed by atoms with Gasteiger partial charge in [-0.25, -0.2) is 0 Å². The van der Waals surface area contributed by atoms with Gasteiger partial charge >= 0.3 is 0 Å². The van der Waals surface area contributed by atoms with Gasteiger partial charge in [0.05, 0.1) is 0 Å². The Balaban J connectivity index is 2.90. The van der Waals surface area contributed by atoms with Gasteiger partial charge in [-0.2, -0.15) is 0 Å². The third-order valence-corrected chi connectivity index (χ3v) is 2.71. The third-order valence-electron chi connectivity index (χ3n) is 2.26. The van der Waals surface area contributed by atoms with Crippen LogP contribution in [-0.4, -0.2) is 0 Å². The minimum Gasteiger partial charge on any atom is -0.143 e. The Morgan fingerprint density at radius 1 is 1.31 bits per heavy atom. The van der Waals surface area contributed by atoms with Crippen molar-refractivity contribution in [2.24, 2.45) is 0 Å². The van der Waals surface area contributed by atoms with E-state index in [2.05, 4.69) is 31.9 Å². The molecule has 0 atom stereocenters. The maximum absolute atomic E-state index is 4.46. The van der Waals surface area contributed by atoms with E-state index in [1.54, 1.807) is 0 Å². The zero-order chi connectivity index (χ0) is 9.68. The quantitative estimate of drug-likeness (QED) is 0.504. The van der Waals surface area contributed by atoms with Gasteiger partial charge in [0.25, 0.3) is 0 Å². The van der Waals surface area contributed by atoms with E-state index in [0.29, 0.717) is 0 Å². The van der Waals surface area contributed by atoms with Crippen LogP contribution < -0.4 is 0 Å². The Labute approximate surface area is 86.1 Å². The van der Waals surface area contributed by atoms with Crippen molar-refractivity contribution in [3.8, 4) is 0 Å². The van der Waals surface area contributed by atoms with E-state index < -0.39 is 0 Å². The van der Waals surface area contributed by atoms with Gasteiger partial charge in [-0.05, 0) is 31.3 Å². The molecule has 0 nitrogen and oxygen atoms in total. The lowest BCUT2D eigenvalue weighted by Crippen LogP contribution is -1.97. The summed E-state index contributed by atoms with van der Waals surface area (Å²) in [6.07, 6.45) is 10.3. The van der Waals surface area contributed by atoms with Crippen LogP contribution in [0.4, 0.5) is 0 Å². The Kier molecular flexibility index (Phi) is 4.10. The summed E-state index contributed by atoms with van der Waals surface area (Å²) in [5.74, 6) is 0. The molecule has 0 fully saturated rings. The first-order chi connectivity index (χ1) is 6.29. The van der Waals surface area contributed by atoms with Crippen molar-refractivity contribution in [3.05, 3.63) is 47.4 Å². The van der Waals surface area contributed by atoms with Crippen molar-refractivity contribution in [1.82, 2.24) is 0 Å². The Hall–Kier alpha value is -0.690. The van der Waals surface area contributed by atoms with E-state index in [1.165, 1.54) is 11.1 Å². The highest BCUT2D eigenvalue weighted by molar-refractivity contribution is 7.84. The Bertz CT molecular complexity index is 269. The standard InChI is InChI=1S/C12H16S/c1-3-6-10-8-5-9-12(13)11(10)7-4-2/h3-4,9,13H,1-2,5-8H2. The van der Waals surface area contributed by atoms with Crippen molar-refractivity contribution >= 4 is 12.6 Å². The Morgan fingerprint density at radius 3 is 2.62 bits per heavy atom. The number of thiol groups is 1. The molecule has 0 bridgehead atoms. The van der Waals surface area contributed by atoms with E-state index in [9.17, 15) is 0 Å². The van der Waals surface area contributed by atoms with Gasteiger partial charge in [0.15, 0.2) is 0 Å². The van der Waals surface area contributed by atoms with Crippen LogP contribution in [0.3, 0.4) is 0 Å². The molecule has 0 amide bonds. The highest BCUT2D eigenvalue weighted by atomic mass is 32.1. The fourth-order valence-electron chi connectivity index (χ4n) is 1.63. The molecule has 1 aliphatic carbocycles. The van der Waals surface area contributed by atoms with Gasteiger partial charge in [0.2, 0.25) is 0 Å². The molecule has 0 spiro atoms. The second-order valence-corrected chi connectivity index (χ2v) is 3.68. The molecule has 0 N–H and O–H groups in total. The zero-order valence-corrected chi connectivity index (χ0v) is 8.82. The normalized spacial score (nSPS) is 16.8. The average molecular weight is 192 g/mol. The van der Waals surface area contributed by atoms with Crippen molar-refractivity contribution < 1.29 is 0 Å². The van der Waals surface area contributed by atoms with Gasteiger partial charge in [-0.1, -0.05) is 23.8 Å². The monoisotopic (exact) mass is 192 g/mol. The molecule has 0 aromatic carbocycles. The number of rotatable bonds is 4. The van der Waals surface area contributed by atoms with Crippen LogP contribution in [0.5, 0.6) is 0 Å².